The lowest BCUT2D eigenvalue weighted by Crippen LogP contribution is -2.35. The van der Waals surface area contributed by atoms with Crippen LogP contribution in [0.1, 0.15) is 10.4 Å². The van der Waals surface area contributed by atoms with Crippen molar-refractivity contribution in [3.05, 3.63) is 71.6 Å². The van der Waals surface area contributed by atoms with Gasteiger partial charge in [0, 0.05) is 60.0 Å². The van der Waals surface area contributed by atoms with Crippen molar-refractivity contribution in [1.29, 1.82) is 0 Å². The smallest absolute Gasteiger partial charge is 0.230 e. The predicted molar refractivity (Wildman–Crippen MR) is 176 cm³/mol. The van der Waals surface area contributed by atoms with Gasteiger partial charge in [0.15, 0.2) is 6.54 Å². The number of likely N-dealkylation sites (N-methyl/N-ethyl adjacent to an activating group) is 2. The third-order valence-electron chi connectivity index (χ3n) is 6.77. The molecule has 1 aliphatic carbocycles. The third kappa shape index (κ3) is 7.36. The van der Waals surface area contributed by atoms with Crippen molar-refractivity contribution in [1.82, 2.24) is 15.2 Å². The molecule has 1 heterocycles. The fourth-order valence-electron chi connectivity index (χ4n) is 4.59. The number of carbonyl (C=O) groups excluding carboxylic acids is 3. The lowest BCUT2D eigenvalue weighted by molar-refractivity contribution is -0.254. The number of anilines is 1. The van der Waals surface area contributed by atoms with Gasteiger partial charge in [-0.3, -0.25) is 9.59 Å². The molecule has 214 valence electrons. The summed E-state index contributed by atoms with van der Waals surface area (Å²) in [6.07, 6.45) is 0. The average Bonchev–Trinajstić information content (AvgIpc) is 2.98. The number of halogens is 2. The maximum Gasteiger partial charge on any atom is 0.230 e. The van der Waals surface area contributed by atoms with Gasteiger partial charge in [-0.15, -0.1) is 0 Å². The number of aromatic carboxylic acids is 1. The molecule has 0 saturated heterocycles. The molecule has 0 saturated carbocycles. The summed E-state index contributed by atoms with van der Waals surface area (Å²) in [4.78, 5) is 37.4. The molecule has 0 atom stereocenters. The molecule has 41 heavy (non-hydrogen) atoms. The minimum Gasteiger partial charge on any atom is -0.545 e. The Hall–Kier alpha value is -3.20. The SMILES string of the molecule is CN(CCNC(=O)CI)c1ccc2c(-c3ccccc3C(=O)[O-])c3ccc(=[N+](C)CCNC(=O)CI)cc-3oc2c1. The van der Waals surface area contributed by atoms with Crippen LogP contribution < -0.4 is 30.6 Å². The number of carboxylic acid groups (broad SMARTS) is 1. The number of amides is 2. The van der Waals surface area contributed by atoms with E-state index in [1.807, 2.05) is 111 Å². The van der Waals surface area contributed by atoms with E-state index in [1.54, 1.807) is 18.2 Å². The average molecular weight is 780 g/mol. The van der Waals surface area contributed by atoms with Gasteiger partial charge in [0.25, 0.3) is 0 Å². The molecular weight excluding hydrogens is 750 g/mol. The van der Waals surface area contributed by atoms with E-state index in [9.17, 15) is 19.5 Å². The molecule has 0 spiro atoms. The molecule has 0 fully saturated rings. The number of hydrogen-bond acceptors (Lipinski definition) is 6. The van der Waals surface area contributed by atoms with E-state index in [1.165, 1.54) is 0 Å². The number of benzene rings is 3. The van der Waals surface area contributed by atoms with Gasteiger partial charge in [-0.05, 0) is 23.8 Å². The lowest BCUT2D eigenvalue weighted by atomic mass is 9.90. The molecule has 0 aromatic heterocycles. The Bertz CT molecular complexity index is 1640. The summed E-state index contributed by atoms with van der Waals surface area (Å²) < 4.78 is 9.29. The molecule has 9 nitrogen and oxygen atoms in total. The zero-order valence-corrected chi connectivity index (χ0v) is 27.0. The first-order valence-corrected chi connectivity index (χ1v) is 16.0. The maximum absolute atomic E-state index is 12.1. The number of rotatable bonds is 11. The Morgan fingerprint density at radius 2 is 1.63 bits per heavy atom. The molecule has 11 heteroatoms. The number of nitrogens with zero attached hydrogens (tertiary/aromatic N) is 2. The van der Waals surface area contributed by atoms with Crippen molar-refractivity contribution < 1.29 is 23.9 Å². The second-order valence-corrected chi connectivity index (χ2v) is 11.0. The molecule has 2 N–H and O–H groups in total. The summed E-state index contributed by atoms with van der Waals surface area (Å²) in [5, 5.41) is 19.5. The Kier molecular flexibility index (Phi) is 10.6. The number of alkyl halides is 2. The monoisotopic (exact) mass is 780 g/mol. The first-order valence-electron chi connectivity index (χ1n) is 13.0. The van der Waals surface area contributed by atoms with Crippen molar-refractivity contribution in [3.63, 3.8) is 0 Å². The van der Waals surface area contributed by atoms with Crippen LogP contribution in [0.25, 0.3) is 33.4 Å². The molecule has 4 rings (SSSR count). The Morgan fingerprint density at radius 1 is 0.927 bits per heavy atom. The number of nitrogens with one attached hydrogen (secondary N) is 2. The lowest BCUT2D eigenvalue weighted by Gasteiger charge is -2.22. The zero-order chi connectivity index (χ0) is 29.5. The van der Waals surface area contributed by atoms with Crippen molar-refractivity contribution in [2.45, 2.75) is 0 Å². The van der Waals surface area contributed by atoms with Crippen molar-refractivity contribution >= 4 is 79.6 Å². The van der Waals surface area contributed by atoms with Crippen LogP contribution in [-0.4, -0.2) is 66.9 Å². The first kappa shape index (κ1) is 30.8. The minimum atomic E-state index is -1.25. The van der Waals surface area contributed by atoms with E-state index in [0.717, 1.165) is 27.6 Å². The second-order valence-electron chi connectivity index (χ2n) is 9.48. The van der Waals surface area contributed by atoms with Crippen molar-refractivity contribution in [2.24, 2.45) is 0 Å². The molecular formula is C30H30I2N4O5. The van der Waals surface area contributed by atoms with Gasteiger partial charge >= 0.3 is 0 Å². The normalized spacial score (nSPS) is 11.8. The fraction of sp³-hybridized carbons (Fsp3) is 0.267. The molecule has 2 aliphatic rings. The molecule has 0 bridgehead atoms. The van der Waals surface area contributed by atoms with Gasteiger partial charge in [0.1, 0.15) is 18.4 Å². The summed E-state index contributed by atoms with van der Waals surface area (Å²) in [7, 11) is 3.88. The van der Waals surface area contributed by atoms with Crippen LogP contribution in [0.4, 0.5) is 5.69 Å². The quantitative estimate of drug-likeness (QED) is 0.105. The van der Waals surface area contributed by atoms with Crippen LogP contribution >= 0.6 is 45.2 Å². The Labute approximate surface area is 265 Å². The largest absolute Gasteiger partial charge is 0.545 e. The highest BCUT2D eigenvalue weighted by Gasteiger charge is 2.21. The Balaban J connectivity index is 1.85. The molecule has 0 unspecified atom stereocenters. The van der Waals surface area contributed by atoms with Crippen molar-refractivity contribution in [2.75, 3.05) is 54.0 Å². The number of carbonyl (C=O) groups is 3. The highest BCUT2D eigenvalue weighted by Crippen LogP contribution is 2.41. The van der Waals surface area contributed by atoms with Crippen LogP contribution in [0.15, 0.2) is 65.1 Å². The summed E-state index contributed by atoms with van der Waals surface area (Å²) in [6.45, 7) is 2.21. The molecule has 0 radical (unpaired) electrons. The van der Waals surface area contributed by atoms with Gasteiger partial charge in [-0.1, -0.05) is 69.4 Å². The molecule has 2 amide bonds. The van der Waals surface area contributed by atoms with Crippen LogP contribution in [0.3, 0.4) is 0 Å². The van der Waals surface area contributed by atoms with Crippen LogP contribution in [0, 0.1) is 0 Å². The van der Waals surface area contributed by atoms with Gasteiger partial charge in [-0.25, -0.2) is 4.58 Å². The number of hydrogen-bond donors (Lipinski definition) is 2. The number of fused-ring (bicyclic) bond motifs is 2. The van der Waals surface area contributed by atoms with E-state index >= 15 is 0 Å². The predicted octanol–water partition coefficient (Wildman–Crippen LogP) is 2.51. The van der Waals surface area contributed by atoms with Crippen LogP contribution in [0.2, 0.25) is 0 Å². The van der Waals surface area contributed by atoms with Crippen LogP contribution in [0.5, 0.6) is 0 Å². The van der Waals surface area contributed by atoms with E-state index in [2.05, 4.69) is 10.6 Å². The van der Waals surface area contributed by atoms with Gasteiger partial charge in [0.2, 0.25) is 17.2 Å². The molecule has 1 aliphatic heterocycles. The topological polar surface area (TPSA) is 118 Å². The summed E-state index contributed by atoms with van der Waals surface area (Å²) in [5.74, 6) is -0.681. The Morgan fingerprint density at radius 3 is 2.34 bits per heavy atom. The second kappa shape index (κ2) is 14.1. The van der Waals surface area contributed by atoms with E-state index in [4.69, 9.17) is 4.42 Å². The highest BCUT2D eigenvalue weighted by molar-refractivity contribution is 14.1. The molecule has 2 aromatic rings. The summed E-state index contributed by atoms with van der Waals surface area (Å²) >= 11 is 4.06. The highest BCUT2D eigenvalue weighted by atomic mass is 127. The summed E-state index contributed by atoms with van der Waals surface area (Å²) in [6, 6.07) is 18.5. The summed E-state index contributed by atoms with van der Waals surface area (Å²) in [5.41, 5.74) is 3.64. The maximum atomic E-state index is 12.1. The third-order valence-corrected chi connectivity index (χ3v) is 8.15. The van der Waals surface area contributed by atoms with E-state index in [-0.39, 0.29) is 17.4 Å². The molecule has 2 aromatic carbocycles. The van der Waals surface area contributed by atoms with E-state index < -0.39 is 5.97 Å². The van der Waals surface area contributed by atoms with Gasteiger partial charge in [0.05, 0.1) is 27.4 Å². The minimum absolute atomic E-state index is 0.0108. The first-order chi connectivity index (χ1) is 19.7. The number of carboxylic acids is 1. The van der Waals surface area contributed by atoms with Gasteiger partial charge < -0.3 is 29.9 Å². The standard InChI is InChI=1S/C30H30I2N4O5/c1-35(13-11-33-27(37)17-31)19-7-9-23-25(15-19)41-26-16-20(36(2)14-12-34-28(38)18-32)8-10-24(26)29(23)21-5-3-4-6-22(21)30(39)40/h3-10,15-16H,11-14,17-18H2,1-2H3,(H2-,33,34,37,38,39,40). The fourth-order valence-corrected chi connectivity index (χ4v) is 5.13. The zero-order valence-electron chi connectivity index (χ0n) is 22.7. The van der Waals surface area contributed by atoms with Crippen molar-refractivity contribution in [3.8, 4) is 22.5 Å². The van der Waals surface area contributed by atoms with Gasteiger partial charge in [-0.2, -0.15) is 0 Å². The van der Waals surface area contributed by atoms with Crippen LogP contribution in [-0.2, 0) is 9.59 Å². The van der Waals surface area contributed by atoms with E-state index in [0.29, 0.717) is 51.9 Å².